The van der Waals surface area contributed by atoms with Crippen molar-refractivity contribution in [3.8, 4) is 11.5 Å². The van der Waals surface area contributed by atoms with Gasteiger partial charge in [-0.1, -0.05) is 45.0 Å². The monoisotopic (exact) mass is 310 g/mol. The van der Waals surface area contributed by atoms with Gasteiger partial charge in [0.1, 0.15) is 0 Å². The summed E-state index contributed by atoms with van der Waals surface area (Å²) in [4.78, 5) is 0. The van der Waals surface area contributed by atoms with E-state index in [4.69, 9.17) is 9.47 Å². The molecule has 0 fully saturated rings. The molecule has 3 rings (SSSR count). The van der Waals surface area contributed by atoms with Gasteiger partial charge in [0, 0.05) is 0 Å². The number of fused-ring (bicyclic) bond motifs is 1. The average molecular weight is 310 g/mol. The van der Waals surface area contributed by atoms with E-state index in [1.54, 1.807) is 0 Å². The van der Waals surface area contributed by atoms with Crippen molar-refractivity contribution >= 4 is 0 Å². The lowest BCUT2D eigenvalue weighted by Gasteiger charge is -2.17. The average Bonchev–Trinajstić information content (AvgIpc) is 2.98. The van der Waals surface area contributed by atoms with Crippen LogP contribution in [0.25, 0.3) is 0 Å². The van der Waals surface area contributed by atoms with Gasteiger partial charge < -0.3 is 9.47 Å². The fraction of sp³-hybridized carbons (Fsp3) is 0.429. The van der Waals surface area contributed by atoms with Crippen LogP contribution in [0.3, 0.4) is 0 Å². The first-order valence-electron chi connectivity index (χ1n) is 8.45. The molecule has 1 aliphatic heterocycles. The number of rotatable bonds is 4. The Hall–Kier alpha value is -1.96. The van der Waals surface area contributed by atoms with Gasteiger partial charge in [-0.25, -0.2) is 0 Å². The summed E-state index contributed by atoms with van der Waals surface area (Å²) < 4.78 is 11.4. The molecule has 23 heavy (non-hydrogen) atoms. The predicted molar refractivity (Wildman–Crippen MR) is 94.7 cm³/mol. The van der Waals surface area contributed by atoms with Gasteiger partial charge in [0.2, 0.25) is 6.79 Å². The van der Waals surface area contributed by atoms with E-state index >= 15 is 0 Å². The molecule has 0 saturated heterocycles. The Morgan fingerprint density at radius 3 is 2.39 bits per heavy atom. The van der Waals surface area contributed by atoms with Gasteiger partial charge in [0.15, 0.2) is 11.5 Å². The highest BCUT2D eigenvalue weighted by Gasteiger charge is 2.21. The topological polar surface area (TPSA) is 18.5 Å². The fourth-order valence-electron chi connectivity index (χ4n) is 3.11. The smallest absolute Gasteiger partial charge is 0.231 e. The number of benzene rings is 2. The second kappa shape index (κ2) is 6.27. The summed E-state index contributed by atoms with van der Waals surface area (Å²) in [5.41, 5.74) is 6.66. The van der Waals surface area contributed by atoms with Gasteiger partial charge in [-0.15, -0.1) is 0 Å². The SMILES string of the molecule is Cc1ccc(C(C)Cc2cc(C(C)C)cc3c2OCO3)cc1C. The Balaban J connectivity index is 1.91. The van der Waals surface area contributed by atoms with Crippen molar-refractivity contribution < 1.29 is 9.47 Å². The van der Waals surface area contributed by atoms with E-state index in [1.807, 2.05) is 0 Å². The third-order valence-corrected chi connectivity index (χ3v) is 4.86. The van der Waals surface area contributed by atoms with E-state index in [9.17, 15) is 0 Å². The highest BCUT2D eigenvalue weighted by Crippen LogP contribution is 2.40. The quantitative estimate of drug-likeness (QED) is 0.742. The molecule has 0 N–H and O–H groups in total. The Morgan fingerprint density at radius 1 is 0.913 bits per heavy atom. The first-order valence-corrected chi connectivity index (χ1v) is 8.45. The normalized spacial score (nSPS) is 14.3. The third kappa shape index (κ3) is 3.21. The molecule has 1 unspecified atom stereocenters. The zero-order chi connectivity index (χ0) is 16.6. The first kappa shape index (κ1) is 15.9. The summed E-state index contributed by atoms with van der Waals surface area (Å²) in [6.45, 7) is 11.4. The Kier molecular flexibility index (Phi) is 4.34. The summed E-state index contributed by atoms with van der Waals surface area (Å²) in [5.74, 6) is 2.77. The van der Waals surface area contributed by atoms with E-state index in [-0.39, 0.29) is 0 Å². The zero-order valence-electron chi connectivity index (χ0n) is 14.8. The Morgan fingerprint density at radius 2 is 1.70 bits per heavy atom. The van der Waals surface area contributed by atoms with Crippen LogP contribution in [0.2, 0.25) is 0 Å². The van der Waals surface area contributed by atoms with Crippen molar-refractivity contribution in [2.45, 2.75) is 52.9 Å². The van der Waals surface area contributed by atoms with Crippen LogP contribution >= 0.6 is 0 Å². The molecular formula is C21H26O2. The summed E-state index contributed by atoms with van der Waals surface area (Å²) in [6, 6.07) is 11.2. The number of hydrogen-bond donors (Lipinski definition) is 0. The zero-order valence-corrected chi connectivity index (χ0v) is 14.8. The second-order valence-electron chi connectivity index (χ2n) is 7.02. The van der Waals surface area contributed by atoms with Gasteiger partial charge in [-0.2, -0.15) is 0 Å². The first-order chi connectivity index (χ1) is 11.0. The number of aryl methyl sites for hydroxylation is 2. The highest BCUT2D eigenvalue weighted by molar-refractivity contribution is 5.52. The Bertz CT molecular complexity index is 716. The van der Waals surface area contributed by atoms with Crippen molar-refractivity contribution in [3.05, 3.63) is 58.1 Å². The van der Waals surface area contributed by atoms with Gasteiger partial charge in [-0.3, -0.25) is 0 Å². The molecule has 2 heteroatoms. The molecule has 0 spiro atoms. The van der Waals surface area contributed by atoms with E-state index in [0.29, 0.717) is 18.6 Å². The maximum atomic E-state index is 5.72. The second-order valence-corrected chi connectivity index (χ2v) is 7.02. The molecule has 0 aromatic heterocycles. The van der Waals surface area contributed by atoms with E-state index < -0.39 is 0 Å². The lowest BCUT2D eigenvalue weighted by Crippen LogP contribution is -2.02. The van der Waals surface area contributed by atoms with Crippen molar-refractivity contribution in [2.75, 3.05) is 6.79 Å². The van der Waals surface area contributed by atoms with Crippen LogP contribution < -0.4 is 9.47 Å². The van der Waals surface area contributed by atoms with E-state index in [2.05, 4.69) is 65.0 Å². The van der Waals surface area contributed by atoms with Crippen molar-refractivity contribution in [2.24, 2.45) is 0 Å². The van der Waals surface area contributed by atoms with Gasteiger partial charge in [0.25, 0.3) is 0 Å². The molecule has 1 heterocycles. The molecule has 122 valence electrons. The van der Waals surface area contributed by atoms with Crippen LogP contribution in [0.4, 0.5) is 0 Å². The lowest BCUT2D eigenvalue weighted by molar-refractivity contribution is 0.173. The summed E-state index contributed by atoms with van der Waals surface area (Å²) in [5, 5.41) is 0. The lowest BCUT2D eigenvalue weighted by atomic mass is 9.89. The standard InChI is InChI=1S/C21H26O2/c1-13(2)18-10-19(21-20(11-18)22-12-23-21)9-16(5)17-7-6-14(3)15(4)8-17/h6-8,10-11,13,16H,9,12H2,1-5H3. The summed E-state index contributed by atoms with van der Waals surface area (Å²) in [6.07, 6.45) is 0.967. The van der Waals surface area contributed by atoms with Crippen molar-refractivity contribution in [1.29, 1.82) is 0 Å². The highest BCUT2D eigenvalue weighted by atomic mass is 16.7. The molecule has 2 nitrogen and oxygen atoms in total. The van der Waals surface area contributed by atoms with Crippen LogP contribution in [0.1, 0.15) is 60.4 Å². The van der Waals surface area contributed by atoms with Crippen LogP contribution in [-0.2, 0) is 6.42 Å². The van der Waals surface area contributed by atoms with Crippen LogP contribution in [-0.4, -0.2) is 6.79 Å². The Labute approximate surface area is 139 Å². The molecule has 0 amide bonds. The molecule has 0 aliphatic carbocycles. The molecule has 1 aliphatic rings. The molecule has 1 atom stereocenters. The largest absolute Gasteiger partial charge is 0.454 e. The molecule has 0 bridgehead atoms. The number of ether oxygens (including phenoxy) is 2. The van der Waals surface area contributed by atoms with Crippen LogP contribution in [0, 0.1) is 13.8 Å². The van der Waals surface area contributed by atoms with Crippen LogP contribution in [0.15, 0.2) is 30.3 Å². The molecule has 0 saturated carbocycles. The third-order valence-electron chi connectivity index (χ3n) is 4.86. The van der Waals surface area contributed by atoms with Crippen molar-refractivity contribution in [3.63, 3.8) is 0 Å². The predicted octanol–water partition coefficient (Wildman–Crippen LogP) is 5.50. The van der Waals surface area contributed by atoms with E-state index in [0.717, 1.165) is 17.9 Å². The summed E-state index contributed by atoms with van der Waals surface area (Å²) in [7, 11) is 0. The van der Waals surface area contributed by atoms with Crippen LogP contribution in [0.5, 0.6) is 11.5 Å². The maximum Gasteiger partial charge on any atom is 0.231 e. The molecule has 2 aromatic carbocycles. The molecular weight excluding hydrogens is 284 g/mol. The van der Waals surface area contributed by atoms with E-state index in [1.165, 1.54) is 27.8 Å². The maximum absolute atomic E-state index is 5.72. The minimum atomic E-state index is 0.335. The molecule has 0 radical (unpaired) electrons. The minimum Gasteiger partial charge on any atom is -0.454 e. The molecule has 2 aromatic rings. The number of hydrogen-bond acceptors (Lipinski definition) is 2. The minimum absolute atomic E-state index is 0.335. The van der Waals surface area contributed by atoms with Gasteiger partial charge in [0.05, 0.1) is 0 Å². The van der Waals surface area contributed by atoms with Gasteiger partial charge >= 0.3 is 0 Å². The summed E-state index contributed by atoms with van der Waals surface area (Å²) >= 11 is 0. The van der Waals surface area contributed by atoms with Gasteiger partial charge in [-0.05, 0) is 66.0 Å². The van der Waals surface area contributed by atoms with Crippen molar-refractivity contribution in [1.82, 2.24) is 0 Å². The fourth-order valence-corrected chi connectivity index (χ4v) is 3.11.